The number of aromatic amines is 1. The van der Waals surface area contributed by atoms with Crippen molar-refractivity contribution in [2.24, 2.45) is 11.8 Å². The third kappa shape index (κ3) is 4.30. The number of esters is 1. The summed E-state index contributed by atoms with van der Waals surface area (Å²) in [5, 5.41) is 1.07. The molecule has 1 unspecified atom stereocenters. The van der Waals surface area contributed by atoms with Crippen molar-refractivity contribution in [3.63, 3.8) is 0 Å². The standard InChI is InChI=1S/C19H28N4O2/c1-13(11-16(24)25-19(2,3)4)14-6-9-23(10-7-14)18-15-5-8-20-17(15)21-12-22-18/h5,8,12-14H,6-7,9-11H2,1-4H3,(H,20,21,22). The van der Waals surface area contributed by atoms with E-state index in [1.165, 1.54) is 0 Å². The van der Waals surface area contributed by atoms with E-state index in [2.05, 4.69) is 26.8 Å². The molecule has 1 N–H and O–H groups in total. The molecule has 3 rings (SSSR count). The summed E-state index contributed by atoms with van der Waals surface area (Å²) >= 11 is 0. The fourth-order valence-corrected chi connectivity index (χ4v) is 3.60. The first kappa shape index (κ1) is 17.7. The normalized spacial score (nSPS) is 17.7. The van der Waals surface area contributed by atoms with Crippen molar-refractivity contribution in [2.75, 3.05) is 18.0 Å². The molecule has 25 heavy (non-hydrogen) atoms. The van der Waals surface area contributed by atoms with Crippen LogP contribution in [0.4, 0.5) is 5.82 Å². The maximum absolute atomic E-state index is 12.1. The van der Waals surface area contributed by atoms with Crippen LogP contribution in [0.5, 0.6) is 0 Å². The number of rotatable bonds is 4. The Morgan fingerprint density at radius 3 is 2.76 bits per heavy atom. The highest BCUT2D eigenvalue weighted by Gasteiger charge is 2.28. The van der Waals surface area contributed by atoms with Crippen LogP contribution in [0.1, 0.15) is 47.0 Å². The van der Waals surface area contributed by atoms with Gasteiger partial charge in [0, 0.05) is 25.7 Å². The van der Waals surface area contributed by atoms with E-state index in [9.17, 15) is 4.79 Å². The molecule has 6 heteroatoms. The van der Waals surface area contributed by atoms with Crippen LogP contribution in [-0.2, 0) is 9.53 Å². The van der Waals surface area contributed by atoms with Gasteiger partial charge in [0.05, 0.1) is 5.39 Å². The van der Waals surface area contributed by atoms with Crippen molar-refractivity contribution < 1.29 is 9.53 Å². The number of piperidine rings is 1. The minimum Gasteiger partial charge on any atom is -0.460 e. The van der Waals surface area contributed by atoms with E-state index in [-0.39, 0.29) is 5.97 Å². The summed E-state index contributed by atoms with van der Waals surface area (Å²) in [5.74, 6) is 1.80. The molecule has 1 aliphatic rings. The lowest BCUT2D eigenvalue weighted by molar-refractivity contribution is -0.156. The number of H-pyrrole nitrogens is 1. The van der Waals surface area contributed by atoms with Gasteiger partial charge >= 0.3 is 5.97 Å². The second-order valence-corrected chi connectivity index (χ2v) is 8.03. The van der Waals surface area contributed by atoms with Crippen LogP contribution in [-0.4, -0.2) is 39.6 Å². The van der Waals surface area contributed by atoms with Gasteiger partial charge in [-0.3, -0.25) is 4.79 Å². The summed E-state index contributed by atoms with van der Waals surface area (Å²) in [6.07, 6.45) is 6.15. The summed E-state index contributed by atoms with van der Waals surface area (Å²) in [5.41, 5.74) is 0.472. The molecule has 0 aromatic carbocycles. The Balaban J connectivity index is 1.56. The number of fused-ring (bicyclic) bond motifs is 1. The zero-order chi connectivity index (χ0) is 18.0. The molecule has 0 spiro atoms. The quantitative estimate of drug-likeness (QED) is 0.859. The maximum Gasteiger partial charge on any atom is 0.306 e. The van der Waals surface area contributed by atoms with Crippen LogP contribution < -0.4 is 4.90 Å². The van der Waals surface area contributed by atoms with Crippen LogP contribution in [0.2, 0.25) is 0 Å². The van der Waals surface area contributed by atoms with Gasteiger partial charge < -0.3 is 14.6 Å². The number of nitrogens with one attached hydrogen (secondary N) is 1. The summed E-state index contributed by atoms with van der Waals surface area (Å²) in [7, 11) is 0. The van der Waals surface area contributed by atoms with Crippen molar-refractivity contribution in [2.45, 2.75) is 52.6 Å². The van der Waals surface area contributed by atoms with Crippen LogP contribution in [0.15, 0.2) is 18.6 Å². The average Bonchev–Trinajstić information content (AvgIpc) is 3.01. The molecule has 1 atom stereocenters. The van der Waals surface area contributed by atoms with Gasteiger partial charge in [-0.2, -0.15) is 0 Å². The van der Waals surface area contributed by atoms with E-state index in [0.29, 0.717) is 18.3 Å². The van der Waals surface area contributed by atoms with E-state index in [0.717, 1.165) is 42.8 Å². The SMILES string of the molecule is CC(CC(=O)OC(C)(C)C)C1CCN(c2ncnc3[nH]ccc23)CC1. The van der Waals surface area contributed by atoms with Crippen LogP contribution in [0.3, 0.4) is 0 Å². The van der Waals surface area contributed by atoms with E-state index < -0.39 is 5.60 Å². The van der Waals surface area contributed by atoms with E-state index >= 15 is 0 Å². The molecule has 2 aromatic rings. The molecular weight excluding hydrogens is 316 g/mol. The Morgan fingerprint density at radius 2 is 2.08 bits per heavy atom. The molecule has 136 valence electrons. The monoisotopic (exact) mass is 344 g/mol. The molecule has 1 aliphatic heterocycles. The summed E-state index contributed by atoms with van der Waals surface area (Å²) in [4.78, 5) is 26.3. The second kappa shape index (κ2) is 7.02. The molecule has 0 saturated carbocycles. The Labute approximate surface area is 149 Å². The topological polar surface area (TPSA) is 71.1 Å². The molecule has 0 amide bonds. The number of aromatic nitrogens is 3. The third-order valence-corrected chi connectivity index (χ3v) is 4.89. The van der Waals surface area contributed by atoms with Crippen LogP contribution in [0.25, 0.3) is 11.0 Å². The fraction of sp³-hybridized carbons (Fsp3) is 0.632. The zero-order valence-corrected chi connectivity index (χ0v) is 15.6. The van der Waals surface area contributed by atoms with Gasteiger partial charge in [0.25, 0.3) is 0 Å². The van der Waals surface area contributed by atoms with Crippen molar-refractivity contribution in [3.8, 4) is 0 Å². The predicted molar refractivity (Wildman–Crippen MR) is 98.5 cm³/mol. The number of nitrogens with zero attached hydrogens (tertiary/aromatic N) is 3. The first-order chi connectivity index (χ1) is 11.8. The summed E-state index contributed by atoms with van der Waals surface area (Å²) in [6.45, 7) is 9.83. The number of carbonyl (C=O) groups excluding carboxylic acids is 1. The number of hydrogen-bond donors (Lipinski definition) is 1. The fourth-order valence-electron chi connectivity index (χ4n) is 3.60. The molecule has 1 saturated heterocycles. The highest BCUT2D eigenvalue weighted by atomic mass is 16.6. The minimum atomic E-state index is -0.408. The van der Waals surface area contributed by atoms with Crippen LogP contribution >= 0.6 is 0 Å². The second-order valence-electron chi connectivity index (χ2n) is 8.03. The van der Waals surface area contributed by atoms with Gasteiger partial charge in [-0.05, 0) is 51.5 Å². The van der Waals surface area contributed by atoms with Crippen molar-refractivity contribution in [1.29, 1.82) is 0 Å². The lowest BCUT2D eigenvalue weighted by atomic mass is 9.83. The Bertz CT molecular complexity index is 726. The Kier molecular flexibility index (Phi) is 4.97. The largest absolute Gasteiger partial charge is 0.460 e. The molecule has 0 aliphatic carbocycles. The molecule has 0 bridgehead atoms. The van der Waals surface area contributed by atoms with Crippen LogP contribution in [0, 0.1) is 11.8 Å². The molecule has 3 heterocycles. The van der Waals surface area contributed by atoms with Crippen molar-refractivity contribution in [3.05, 3.63) is 18.6 Å². The number of hydrogen-bond acceptors (Lipinski definition) is 5. The highest BCUT2D eigenvalue weighted by Crippen LogP contribution is 2.31. The van der Waals surface area contributed by atoms with E-state index in [4.69, 9.17) is 4.74 Å². The first-order valence-electron chi connectivity index (χ1n) is 9.08. The summed E-state index contributed by atoms with van der Waals surface area (Å²) < 4.78 is 5.46. The Hall–Kier alpha value is -2.11. The van der Waals surface area contributed by atoms with Gasteiger partial charge in [-0.1, -0.05) is 6.92 Å². The molecule has 2 aromatic heterocycles. The lowest BCUT2D eigenvalue weighted by Gasteiger charge is -2.35. The van der Waals surface area contributed by atoms with Gasteiger partial charge in [0.1, 0.15) is 23.4 Å². The smallest absolute Gasteiger partial charge is 0.306 e. The van der Waals surface area contributed by atoms with Gasteiger partial charge in [-0.15, -0.1) is 0 Å². The molecular formula is C19H28N4O2. The first-order valence-corrected chi connectivity index (χ1v) is 9.08. The van der Waals surface area contributed by atoms with E-state index in [1.807, 2.05) is 33.0 Å². The average molecular weight is 344 g/mol. The predicted octanol–water partition coefficient (Wildman–Crippen LogP) is 3.54. The van der Waals surface area contributed by atoms with Gasteiger partial charge in [0.15, 0.2) is 0 Å². The summed E-state index contributed by atoms with van der Waals surface area (Å²) in [6, 6.07) is 2.03. The highest BCUT2D eigenvalue weighted by molar-refractivity contribution is 5.87. The minimum absolute atomic E-state index is 0.0905. The zero-order valence-electron chi connectivity index (χ0n) is 15.6. The third-order valence-electron chi connectivity index (χ3n) is 4.89. The van der Waals surface area contributed by atoms with E-state index in [1.54, 1.807) is 6.33 Å². The Morgan fingerprint density at radius 1 is 1.36 bits per heavy atom. The van der Waals surface area contributed by atoms with Gasteiger partial charge in [-0.25, -0.2) is 9.97 Å². The van der Waals surface area contributed by atoms with Crippen molar-refractivity contribution in [1.82, 2.24) is 15.0 Å². The number of carbonyl (C=O) groups is 1. The van der Waals surface area contributed by atoms with Crippen molar-refractivity contribution >= 4 is 22.8 Å². The lowest BCUT2D eigenvalue weighted by Crippen LogP contribution is -2.37. The van der Waals surface area contributed by atoms with Gasteiger partial charge in [0.2, 0.25) is 0 Å². The molecule has 0 radical (unpaired) electrons. The number of anilines is 1. The number of ether oxygens (including phenoxy) is 1. The molecule has 1 fully saturated rings. The maximum atomic E-state index is 12.1. The molecule has 6 nitrogen and oxygen atoms in total.